The number of benzene rings is 3. The van der Waals surface area contributed by atoms with Gasteiger partial charge in [0.2, 0.25) is 0 Å². The second kappa shape index (κ2) is 8.47. The maximum Gasteiger partial charge on any atom is 0.385 e. The van der Waals surface area contributed by atoms with Crippen molar-refractivity contribution in [2.45, 2.75) is 13.0 Å². The summed E-state index contributed by atoms with van der Waals surface area (Å²) in [4.78, 5) is 12.3. The highest BCUT2D eigenvalue weighted by atomic mass is 35.5. The Balaban J connectivity index is 1.40. The van der Waals surface area contributed by atoms with E-state index >= 15 is 0 Å². The first-order valence-corrected chi connectivity index (χ1v) is 11.1. The minimum absolute atomic E-state index is 0.179. The molecule has 1 aliphatic heterocycles. The van der Waals surface area contributed by atoms with Crippen LogP contribution in [0.1, 0.15) is 21.5 Å². The third-order valence-corrected chi connectivity index (χ3v) is 6.43. The van der Waals surface area contributed by atoms with Crippen molar-refractivity contribution >= 4 is 33.5 Å². The van der Waals surface area contributed by atoms with E-state index in [9.17, 15) is 13.2 Å². The highest BCUT2D eigenvalue weighted by molar-refractivity contribution is 7.84. The highest BCUT2D eigenvalue weighted by Crippen LogP contribution is 2.24. The zero-order chi connectivity index (χ0) is 21.1. The smallest absolute Gasteiger partial charge is 0.371 e. The summed E-state index contributed by atoms with van der Waals surface area (Å²) in [6.45, 7) is 0.655. The van der Waals surface area contributed by atoms with Gasteiger partial charge >= 0.3 is 10.3 Å². The number of hydrogen-bond donors (Lipinski definition) is 1. The Labute approximate surface area is 180 Å². The summed E-state index contributed by atoms with van der Waals surface area (Å²) in [5.74, 6) is -0.113. The van der Waals surface area contributed by atoms with E-state index in [0.29, 0.717) is 29.2 Å². The second-order valence-corrected chi connectivity index (χ2v) is 8.85. The predicted molar refractivity (Wildman–Crippen MR) is 116 cm³/mol. The Hall–Kier alpha value is -2.87. The Morgan fingerprint density at radius 3 is 2.30 bits per heavy atom. The fraction of sp³-hybridized carbons (Fsp3) is 0.136. The summed E-state index contributed by atoms with van der Waals surface area (Å²) in [7, 11) is -3.93. The number of nitrogens with zero attached hydrogens (tertiary/aromatic N) is 1. The molecule has 154 valence electrons. The van der Waals surface area contributed by atoms with Crippen LogP contribution in [0.2, 0.25) is 5.02 Å². The molecule has 0 unspecified atom stereocenters. The van der Waals surface area contributed by atoms with Crippen molar-refractivity contribution in [1.29, 1.82) is 0 Å². The largest absolute Gasteiger partial charge is 0.385 e. The molecule has 0 aromatic heterocycles. The van der Waals surface area contributed by atoms with Crippen LogP contribution in [0.25, 0.3) is 0 Å². The van der Waals surface area contributed by atoms with Crippen LogP contribution >= 0.6 is 11.6 Å². The number of amides is 1. The van der Waals surface area contributed by atoms with E-state index in [1.165, 1.54) is 16.4 Å². The summed E-state index contributed by atoms with van der Waals surface area (Å²) >= 11 is 5.83. The lowest BCUT2D eigenvalue weighted by Gasteiger charge is -2.27. The number of halogens is 1. The monoisotopic (exact) mass is 442 g/mol. The van der Waals surface area contributed by atoms with Gasteiger partial charge in [-0.05, 0) is 66.1 Å². The van der Waals surface area contributed by atoms with Gasteiger partial charge in [-0.2, -0.15) is 12.7 Å². The number of hydrogen-bond acceptors (Lipinski definition) is 4. The first kappa shape index (κ1) is 20.4. The van der Waals surface area contributed by atoms with Gasteiger partial charge in [0.1, 0.15) is 5.75 Å². The van der Waals surface area contributed by atoms with E-state index in [2.05, 4.69) is 5.32 Å². The average Bonchev–Trinajstić information content (AvgIpc) is 2.75. The van der Waals surface area contributed by atoms with Crippen LogP contribution in [0.15, 0.2) is 72.8 Å². The molecular formula is C22H19ClN2O4S. The van der Waals surface area contributed by atoms with Gasteiger partial charge in [0.05, 0.1) is 0 Å². The van der Waals surface area contributed by atoms with Crippen molar-refractivity contribution in [3.8, 4) is 5.75 Å². The van der Waals surface area contributed by atoms with E-state index in [4.69, 9.17) is 15.8 Å². The molecule has 30 heavy (non-hydrogen) atoms. The van der Waals surface area contributed by atoms with Crippen molar-refractivity contribution in [2.75, 3.05) is 11.9 Å². The third-order valence-electron chi connectivity index (χ3n) is 4.83. The SMILES string of the molecule is O=C(Nc1ccc(OS(=O)(=O)N2CCc3ccccc3C2)cc1)c1ccc(Cl)cc1. The van der Waals surface area contributed by atoms with Gasteiger partial charge in [-0.1, -0.05) is 35.9 Å². The van der Waals surface area contributed by atoms with Crippen LogP contribution in [-0.2, 0) is 23.3 Å². The van der Waals surface area contributed by atoms with Crippen LogP contribution < -0.4 is 9.50 Å². The Morgan fingerprint density at radius 2 is 1.60 bits per heavy atom. The van der Waals surface area contributed by atoms with Gasteiger partial charge < -0.3 is 9.50 Å². The zero-order valence-electron chi connectivity index (χ0n) is 15.9. The zero-order valence-corrected chi connectivity index (χ0v) is 17.5. The number of rotatable bonds is 5. The third kappa shape index (κ3) is 4.64. The molecule has 1 N–H and O–H groups in total. The normalized spacial score (nSPS) is 14.0. The van der Waals surface area contributed by atoms with Crippen LogP contribution in [0, 0.1) is 0 Å². The van der Waals surface area contributed by atoms with Gasteiger partial charge in [-0.3, -0.25) is 4.79 Å². The van der Waals surface area contributed by atoms with Crippen LogP contribution in [-0.4, -0.2) is 25.2 Å². The lowest BCUT2D eigenvalue weighted by Crippen LogP contribution is -2.38. The number of anilines is 1. The first-order chi connectivity index (χ1) is 14.4. The van der Waals surface area contributed by atoms with Crippen LogP contribution in [0.5, 0.6) is 5.75 Å². The molecule has 3 aromatic carbocycles. The van der Waals surface area contributed by atoms with E-state index in [0.717, 1.165) is 11.1 Å². The molecule has 8 heteroatoms. The minimum atomic E-state index is -3.93. The predicted octanol–water partition coefficient (Wildman–Crippen LogP) is 4.27. The Bertz CT molecular complexity index is 1160. The molecule has 0 aliphatic carbocycles. The van der Waals surface area contributed by atoms with Gasteiger partial charge in [0.15, 0.2) is 0 Å². The molecule has 0 atom stereocenters. The quantitative estimate of drug-likeness (QED) is 0.640. The van der Waals surface area contributed by atoms with Gasteiger partial charge in [0.25, 0.3) is 5.91 Å². The van der Waals surface area contributed by atoms with Crippen molar-refractivity contribution in [1.82, 2.24) is 4.31 Å². The molecule has 6 nitrogen and oxygen atoms in total. The molecule has 4 rings (SSSR count). The molecule has 1 amide bonds. The molecular weight excluding hydrogens is 424 g/mol. The maximum absolute atomic E-state index is 12.7. The van der Waals surface area contributed by atoms with Crippen molar-refractivity contribution in [2.24, 2.45) is 0 Å². The Morgan fingerprint density at radius 1 is 0.933 bits per heavy atom. The van der Waals surface area contributed by atoms with E-state index in [1.54, 1.807) is 36.4 Å². The number of carbonyl (C=O) groups is 1. The molecule has 0 fully saturated rings. The van der Waals surface area contributed by atoms with Gasteiger partial charge in [-0.15, -0.1) is 0 Å². The highest BCUT2D eigenvalue weighted by Gasteiger charge is 2.28. The van der Waals surface area contributed by atoms with Crippen molar-refractivity contribution in [3.63, 3.8) is 0 Å². The summed E-state index contributed by atoms with van der Waals surface area (Å²) in [6.07, 6.45) is 0.647. The molecule has 0 radical (unpaired) electrons. The molecule has 1 aliphatic rings. The van der Waals surface area contributed by atoms with E-state index in [-0.39, 0.29) is 18.2 Å². The lowest BCUT2D eigenvalue weighted by molar-refractivity contribution is 0.102. The van der Waals surface area contributed by atoms with E-state index in [1.807, 2.05) is 24.3 Å². The van der Waals surface area contributed by atoms with Crippen molar-refractivity contribution < 1.29 is 17.4 Å². The molecule has 1 heterocycles. The summed E-state index contributed by atoms with van der Waals surface area (Å²) < 4.78 is 31.9. The Kier molecular flexibility index (Phi) is 5.76. The van der Waals surface area contributed by atoms with Crippen LogP contribution in [0.4, 0.5) is 5.69 Å². The fourth-order valence-electron chi connectivity index (χ4n) is 3.23. The summed E-state index contributed by atoms with van der Waals surface area (Å²) in [5.41, 5.74) is 3.13. The lowest BCUT2D eigenvalue weighted by atomic mass is 10.0. The number of carbonyl (C=O) groups excluding carboxylic acids is 1. The number of fused-ring (bicyclic) bond motifs is 1. The van der Waals surface area contributed by atoms with Gasteiger partial charge in [-0.25, -0.2) is 0 Å². The topological polar surface area (TPSA) is 75.7 Å². The standard InChI is InChI=1S/C22H19ClN2O4S/c23-19-7-5-17(6-8-19)22(26)24-20-9-11-21(12-10-20)29-30(27,28)25-14-13-16-3-1-2-4-18(16)15-25/h1-12H,13-15H2,(H,24,26). The molecule has 3 aromatic rings. The second-order valence-electron chi connectivity index (χ2n) is 6.88. The minimum Gasteiger partial charge on any atom is -0.371 e. The average molecular weight is 443 g/mol. The van der Waals surface area contributed by atoms with Crippen molar-refractivity contribution in [3.05, 3.63) is 94.5 Å². The number of nitrogens with one attached hydrogen (secondary N) is 1. The summed E-state index contributed by atoms with van der Waals surface area (Å²) in [6, 6.07) is 20.5. The van der Waals surface area contributed by atoms with Gasteiger partial charge in [0, 0.05) is 29.4 Å². The molecule has 0 spiro atoms. The van der Waals surface area contributed by atoms with E-state index < -0.39 is 10.3 Å². The maximum atomic E-state index is 12.7. The fourth-order valence-corrected chi connectivity index (χ4v) is 4.43. The first-order valence-electron chi connectivity index (χ1n) is 9.34. The molecule has 0 saturated heterocycles. The molecule has 0 bridgehead atoms. The van der Waals surface area contributed by atoms with Crippen LogP contribution in [0.3, 0.4) is 0 Å². The molecule has 0 saturated carbocycles. The summed E-state index contributed by atoms with van der Waals surface area (Å²) in [5, 5.41) is 3.29.